The first-order valence-corrected chi connectivity index (χ1v) is 7.60. The van der Waals surface area contributed by atoms with Crippen molar-refractivity contribution in [1.82, 2.24) is 5.32 Å². The first-order valence-electron chi connectivity index (χ1n) is 7.60. The van der Waals surface area contributed by atoms with Crippen molar-refractivity contribution in [3.63, 3.8) is 0 Å². The Morgan fingerprint density at radius 1 is 1.16 bits per heavy atom. The van der Waals surface area contributed by atoms with Crippen molar-refractivity contribution in [2.24, 2.45) is 5.92 Å². The number of nitrogens with one attached hydrogen (secondary N) is 1. The molecule has 1 aliphatic carbocycles. The summed E-state index contributed by atoms with van der Waals surface area (Å²) in [6.45, 7) is 0.803. The lowest BCUT2D eigenvalue weighted by Gasteiger charge is -2.30. The second-order valence-corrected chi connectivity index (χ2v) is 5.65. The molecular weight excluding hydrogens is 234 g/mol. The molecule has 0 aromatic heterocycles. The topological polar surface area (TPSA) is 21.3 Å². The largest absolute Gasteiger partial charge is 0.384 e. The van der Waals surface area contributed by atoms with Crippen molar-refractivity contribution < 1.29 is 4.74 Å². The van der Waals surface area contributed by atoms with Gasteiger partial charge in [0, 0.05) is 13.2 Å². The Morgan fingerprint density at radius 2 is 1.84 bits per heavy atom. The van der Waals surface area contributed by atoms with Crippen molar-refractivity contribution in [3.8, 4) is 0 Å². The molecule has 0 saturated heterocycles. The van der Waals surface area contributed by atoms with E-state index < -0.39 is 0 Å². The number of benzene rings is 1. The lowest BCUT2D eigenvalue weighted by atomic mass is 9.81. The molecule has 0 radical (unpaired) electrons. The Labute approximate surface area is 117 Å². The normalized spacial score (nSPS) is 18.4. The van der Waals surface area contributed by atoms with Gasteiger partial charge in [-0.1, -0.05) is 43.5 Å². The summed E-state index contributed by atoms with van der Waals surface area (Å²) in [4.78, 5) is 0. The standard InChI is InChI=1S/C17H27NO/c1-18-17(15-6-4-3-5-7-15)16-10-8-14(9-11-16)12-13-19-2/h8-11,15,17-18H,3-7,12-13H2,1-2H3. The summed E-state index contributed by atoms with van der Waals surface area (Å²) in [5.41, 5.74) is 2.81. The molecular formula is C17H27NO. The van der Waals surface area contributed by atoms with Crippen molar-refractivity contribution in [2.45, 2.75) is 44.6 Å². The predicted octanol–water partition coefficient (Wildman–Crippen LogP) is 3.72. The Kier molecular flexibility index (Phi) is 5.87. The Balaban J connectivity index is 2.01. The van der Waals surface area contributed by atoms with E-state index >= 15 is 0 Å². The fourth-order valence-electron chi connectivity index (χ4n) is 3.25. The minimum atomic E-state index is 0.525. The van der Waals surface area contributed by atoms with Gasteiger partial charge in [0.15, 0.2) is 0 Å². The van der Waals surface area contributed by atoms with Gasteiger partial charge in [-0.15, -0.1) is 0 Å². The van der Waals surface area contributed by atoms with Crippen LogP contribution >= 0.6 is 0 Å². The molecule has 2 heteroatoms. The van der Waals surface area contributed by atoms with Crippen LogP contribution in [0.25, 0.3) is 0 Å². The first-order chi connectivity index (χ1) is 9.35. The van der Waals surface area contributed by atoms with Crippen LogP contribution in [0.5, 0.6) is 0 Å². The van der Waals surface area contributed by atoms with Crippen LogP contribution in [-0.2, 0) is 11.2 Å². The summed E-state index contributed by atoms with van der Waals surface area (Å²) >= 11 is 0. The molecule has 2 rings (SSSR count). The molecule has 19 heavy (non-hydrogen) atoms. The van der Waals surface area contributed by atoms with Crippen LogP contribution in [0.15, 0.2) is 24.3 Å². The zero-order chi connectivity index (χ0) is 13.5. The molecule has 0 amide bonds. The fourth-order valence-corrected chi connectivity index (χ4v) is 3.25. The highest BCUT2D eigenvalue weighted by atomic mass is 16.5. The number of hydrogen-bond donors (Lipinski definition) is 1. The Morgan fingerprint density at radius 3 is 2.42 bits per heavy atom. The van der Waals surface area contributed by atoms with Gasteiger partial charge in [-0.2, -0.15) is 0 Å². The van der Waals surface area contributed by atoms with Crippen LogP contribution in [0, 0.1) is 5.92 Å². The minimum Gasteiger partial charge on any atom is -0.384 e. The van der Waals surface area contributed by atoms with Crippen LogP contribution in [0.1, 0.15) is 49.3 Å². The monoisotopic (exact) mass is 261 g/mol. The third-order valence-electron chi connectivity index (χ3n) is 4.37. The molecule has 1 saturated carbocycles. The molecule has 1 aromatic carbocycles. The average Bonchev–Trinajstić information content (AvgIpc) is 2.48. The zero-order valence-corrected chi connectivity index (χ0v) is 12.3. The molecule has 1 atom stereocenters. The van der Waals surface area contributed by atoms with Crippen LogP contribution in [0.4, 0.5) is 0 Å². The van der Waals surface area contributed by atoms with E-state index in [1.54, 1.807) is 7.11 Å². The number of hydrogen-bond acceptors (Lipinski definition) is 2. The summed E-state index contributed by atoms with van der Waals surface area (Å²) in [7, 11) is 3.85. The van der Waals surface area contributed by atoms with E-state index in [0.717, 1.165) is 18.9 Å². The van der Waals surface area contributed by atoms with Crippen LogP contribution in [-0.4, -0.2) is 20.8 Å². The second-order valence-electron chi connectivity index (χ2n) is 5.65. The fraction of sp³-hybridized carbons (Fsp3) is 0.647. The van der Waals surface area contributed by atoms with E-state index in [1.807, 2.05) is 0 Å². The van der Waals surface area contributed by atoms with Gasteiger partial charge in [-0.25, -0.2) is 0 Å². The van der Waals surface area contributed by atoms with E-state index in [9.17, 15) is 0 Å². The predicted molar refractivity (Wildman–Crippen MR) is 80.4 cm³/mol. The van der Waals surface area contributed by atoms with Gasteiger partial charge >= 0.3 is 0 Å². The van der Waals surface area contributed by atoms with E-state index in [2.05, 4.69) is 36.6 Å². The highest BCUT2D eigenvalue weighted by Crippen LogP contribution is 2.34. The third-order valence-corrected chi connectivity index (χ3v) is 4.37. The Bertz CT molecular complexity index is 354. The van der Waals surface area contributed by atoms with Gasteiger partial charge in [-0.05, 0) is 43.4 Å². The molecule has 0 heterocycles. The van der Waals surface area contributed by atoms with Gasteiger partial charge in [0.2, 0.25) is 0 Å². The smallest absolute Gasteiger partial charge is 0.0502 e. The summed E-state index contributed by atoms with van der Waals surface area (Å²) < 4.78 is 5.13. The van der Waals surface area contributed by atoms with Gasteiger partial charge in [0.1, 0.15) is 0 Å². The SMILES string of the molecule is CNC(c1ccc(CCOC)cc1)C1CCCCC1. The van der Waals surface area contributed by atoms with Gasteiger partial charge in [0.05, 0.1) is 6.61 Å². The van der Waals surface area contributed by atoms with E-state index in [1.165, 1.54) is 43.2 Å². The number of methoxy groups -OCH3 is 1. The summed E-state index contributed by atoms with van der Waals surface area (Å²) in [5, 5.41) is 3.53. The van der Waals surface area contributed by atoms with E-state index in [0.29, 0.717) is 6.04 Å². The molecule has 1 aliphatic rings. The zero-order valence-electron chi connectivity index (χ0n) is 12.3. The average molecular weight is 261 g/mol. The van der Waals surface area contributed by atoms with Crippen LogP contribution in [0.3, 0.4) is 0 Å². The molecule has 1 aromatic rings. The molecule has 106 valence electrons. The molecule has 1 unspecified atom stereocenters. The molecule has 2 nitrogen and oxygen atoms in total. The van der Waals surface area contributed by atoms with Crippen molar-refractivity contribution in [2.75, 3.05) is 20.8 Å². The Hall–Kier alpha value is -0.860. The molecule has 0 spiro atoms. The third kappa shape index (κ3) is 4.05. The van der Waals surface area contributed by atoms with Crippen LogP contribution in [0.2, 0.25) is 0 Å². The maximum Gasteiger partial charge on any atom is 0.0502 e. The highest BCUT2D eigenvalue weighted by molar-refractivity contribution is 5.25. The molecule has 1 N–H and O–H groups in total. The molecule has 1 fully saturated rings. The van der Waals surface area contributed by atoms with E-state index in [4.69, 9.17) is 4.74 Å². The molecule has 0 bridgehead atoms. The maximum absolute atomic E-state index is 5.13. The quantitative estimate of drug-likeness (QED) is 0.842. The number of rotatable bonds is 6. The minimum absolute atomic E-state index is 0.525. The summed E-state index contributed by atoms with van der Waals surface area (Å²) in [5.74, 6) is 0.809. The van der Waals surface area contributed by atoms with Crippen LogP contribution < -0.4 is 5.32 Å². The van der Waals surface area contributed by atoms with Crippen molar-refractivity contribution in [1.29, 1.82) is 0 Å². The highest BCUT2D eigenvalue weighted by Gasteiger charge is 2.23. The van der Waals surface area contributed by atoms with E-state index in [-0.39, 0.29) is 0 Å². The summed E-state index contributed by atoms with van der Waals surface area (Å²) in [6, 6.07) is 9.61. The van der Waals surface area contributed by atoms with Crippen molar-refractivity contribution >= 4 is 0 Å². The summed E-state index contributed by atoms with van der Waals surface area (Å²) in [6.07, 6.45) is 7.96. The van der Waals surface area contributed by atoms with Gasteiger partial charge in [0.25, 0.3) is 0 Å². The lowest BCUT2D eigenvalue weighted by Crippen LogP contribution is -2.26. The maximum atomic E-state index is 5.13. The van der Waals surface area contributed by atoms with Gasteiger partial charge in [-0.3, -0.25) is 0 Å². The van der Waals surface area contributed by atoms with Crippen molar-refractivity contribution in [3.05, 3.63) is 35.4 Å². The number of ether oxygens (including phenoxy) is 1. The molecule has 0 aliphatic heterocycles. The lowest BCUT2D eigenvalue weighted by molar-refractivity contribution is 0.202. The first kappa shape index (κ1) is 14.5. The second kappa shape index (κ2) is 7.66. The van der Waals surface area contributed by atoms with Gasteiger partial charge < -0.3 is 10.1 Å².